The molecular formula is C16H31N3O. The first-order valence-electron chi connectivity index (χ1n) is 8.64. The van der Waals surface area contributed by atoms with Crippen LogP contribution in [0.5, 0.6) is 0 Å². The van der Waals surface area contributed by atoms with Gasteiger partial charge in [-0.25, -0.2) is 0 Å². The molecule has 0 radical (unpaired) electrons. The van der Waals surface area contributed by atoms with Gasteiger partial charge in [0.15, 0.2) is 0 Å². The summed E-state index contributed by atoms with van der Waals surface area (Å²) in [5, 5.41) is 0. The third kappa shape index (κ3) is 3.35. The first-order valence-corrected chi connectivity index (χ1v) is 8.64. The van der Waals surface area contributed by atoms with Crippen LogP contribution >= 0.6 is 0 Å². The SMILES string of the molecule is NCC(C1CCCCC1)N1CCC(N2CCOCC2)C1. The Morgan fingerprint density at radius 1 is 1.00 bits per heavy atom. The van der Waals surface area contributed by atoms with Crippen LogP contribution in [0.25, 0.3) is 0 Å². The topological polar surface area (TPSA) is 41.7 Å². The van der Waals surface area contributed by atoms with Crippen molar-refractivity contribution in [1.29, 1.82) is 0 Å². The standard InChI is InChI=1S/C16H31N3O/c17-12-16(14-4-2-1-3-5-14)19-7-6-15(13-19)18-8-10-20-11-9-18/h14-16H,1-13,17H2. The molecule has 0 aromatic carbocycles. The maximum Gasteiger partial charge on any atom is 0.0594 e. The molecule has 2 aliphatic heterocycles. The third-order valence-electron chi connectivity index (χ3n) is 5.66. The lowest BCUT2D eigenvalue weighted by Gasteiger charge is -2.37. The van der Waals surface area contributed by atoms with Gasteiger partial charge in [-0.15, -0.1) is 0 Å². The molecule has 0 amide bonds. The number of rotatable bonds is 4. The molecule has 116 valence electrons. The van der Waals surface area contributed by atoms with Gasteiger partial charge in [0.25, 0.3) is 0 Å². The zero-order chi connectivity index (χ0) is 13.8. The monoisotopic (exact) mass is 281 g/mol. The van der Waals surface area contributed by atoms with E-state index in [1.165, 1.54) is 51.6 Å². The van der Waals surface area contributed by atoms with Crippen LogP contribution in [0.15, 0.2) is 0 Å². The molecule has 1 aliphatic carbocycles. The Morgan fingerprint density at radius 2 is 1.75 bits per heavy atom. The lowest BCUT2D eigenvalue weighted by Crippen LogP contribution is -2.48. The minimum absolute atomic E-state index is 0.640. The summed E-state index contributed by atoms with van der Waals surface area (Å²) >= 11 is 0. The normalized spacial score (nSPS) is 32.5. The predicted octanol–water partition coefficient (Wildman–Crippen LogP) is 1.30. The van der Waals surface area contributed by atoms with Crippen LogP contribution < -0.4 is 5.73 Å². The fraction of sp³-hybridized carbons (Fsp3) is 1.00. The number of hydrogen-bond acceptors (Lipinski definition) is 4. The van der Waals surface area contributed by atoms with Crippen LogP contribution in [0.1, 0.15) is 38.5 Å². The highest BCUT2D eigenvalue weighted by molar-refractivity contribution is 4.91. The van der Waals surface area contributed by atoms with Gasteiger partial charge in [0, 0.05) is 44.8 Å². The summed E-state index contributed by atoms with van der Waals surface area (Å²) < 4.78 is 5.47. The average molecular weight is 281 g/mol. The lowest BCUT2D eigenvalue weighted by atomic mass is 9.83. The number of nitrogens with two attached hydrogens (primary N) is 1. The molecule has 2 saturated heterocycles. The number of ether oxygens (including phenoxy) is 1. The molecule has 4 heteroatoms. The quantitative estimate of drug-likeness (QED) is 0.843. The van der Waals surface area contributed by atoms with Gasteiger partial charge in [-0.05, 0) is 25.2 Å². The lowest BCUT2D eigenvalue weighted by molar-refractivity contribution is 0.0165. The molecule has 3 rings (SSSR count). The summed E-state index contributed by atoms with van der Waals surface area (Å²) in [6.07, 6.45) is 8.40. The Balaban J connectivity index is 1.54. The van der Waals surface area contributed by atoms with Crippen molar-refractivity contribution in [3.63, 3.8) is 0 Å². The largest absolute Gasteiger partial charge is 0.379 e. The number of hydrogen-bond donors (Lipinski definition) is 1. The van der Waals surface area contributed by atoms with Crippen molar-refractivity contribution in [2.75, 3.05) is 45.9 Å². The van der Waals surface area contributed by atoms with Crippen molar-refractivity contribution in [2.24, 2.45) is 11.7 Å². The van der Waals surface area contributed by atoms with Crippen molar-refractivity contribution < 1.29 is 4.74 Å². The van der Waals surface area contributed by atoms with Crippen molar-refractivity contribution in [1.82, 2.24) is 9.80 Å². The van der Waals surface area contributed by atoms with Gasteiger partial charge in [-0.2, -0.15) is 0 Å². The summed E-state index contributed by atoms with van der Waals surface area (Å²) in [5.74, 6) is 0.859. The van der Waals surface area contributed by atoms with Gasteiger partial charge < -0.3 is 10.5 Å². The van der Waals surface area contributed by atoms with E-state index in [1.54, 1.807) is 0 Å². The zero-order valence-corrected chi connectivity index (χ0v) is 12.8. The first-order chi connectivity index (χ1) is 9.88. The van der Waals surface area contributed by atoms with E-state index in [9.17, 15) is 0 Å². The Hall–Kier alpha value is -0.160. The molecule has 4 nitrogen and oxygen atoms in total. The Labute approximate surface area is 123 Å². The smallest absolute Gasteiger partial charge is 0.0594 e. The third-order valence-corrected chi connectivity index (χ3v) is 5.66. The van der Waals surface area contributed by atoms with Crippen LogP contribution in [0.4, 0.5) is 0 Å². The summed E-state index contributed by atoms with van der Waals surface area (Å²) in [4.78, 5) is 5.34. The van der Waals surface area contributed by atoms with Gasteiger partial charge in [-0.1, -0.05) is 19.3 Å². The van der Waals surface area contributed by atoms with Gasteiger partial charge in [0.1, 0.15) is 0 Å². The minimum Gasteiger partial charge on any atom is -0.379 e. The zero-order valence-electron chi connectivity index (χ0n) is 12.8. The van der Waals surface area contributed by atoms with E-state index in [0.29, 0.717) is 6.04 Å². The average Bonchev–Trinajstić information content (AvgIpc) is 3.00. The number of nitrogens with zero attached hydrogens (tertiary/aromatic N) is 2. The van der Waals surface area contributed by atoms with E-state index in [2.05, 4.69) is 9.80 Å². The minimum atomic E-state index is 0.640. The highest BCUT2D eigenvalue weighted by atomic mass is 16.5. The Bertz CT molecular complexity index is 287. The predicted molar refractivity (Wildman–Crippen MR) is 81.8 cm³/mol. The van der Waals surface area contributed by atoms with E-state index < -0.39 is 0 Å². The van der Waals surface area contributed by atoms with Crippen molar-refractivity contribution >= 4 is 0 Å². The molecule has 2 N–H and O–H groups in total. The maximum atomic E-state index is 6.13. The molecule has 2 heterocycles. The number of likely N-dealkylation sites (tertiary alicyclic amines) is 1. The summed E-state index contributed by atoms with van der Waals surface area (Å²) in [7, 11) is 0. The van der Waals surface area contributed by atoms with Gasteiger partial charge >= 0.3 is 0 Å². The van der Waals surface area contributed by atoms with Crippen LogP contribution in [0, 0.1) is 5.92 Å². The fourth-order valence-corrected chi connectivity index (χ4v) is 4.47. The maximum absolute atomic E-state index is 6.13. The van der Waals surface area contributed by atoms with Crippen molar-refractivity contribution in [2.45, 2.75) is 50.6 Å². The molecular weight excluding hydrogens is 250 g/mol. The highest BCUT2D eigenvalue weighted by Crippen LogP contribution is 2.31. The van der Waals surface area contributed by atoms with E-state index in [-0.39, 0.29) is 0 Å². The highest BCUT2D eigenvalue weighted by Gasteiger charge is 2.35. The fourth-order valence-electron chi connectivity index (χ4n) is 4.47. The van der Waals surface area contributed by atoms with Crippen molar-refractivity contribution in [3.8, 4) is 0 Å². The van der Waals surface area contributed by atoms with Crippen LogP contribution in [0.3, 0.4) is 0 Å². The molecule has 0 bridgehead atoms. The first kappa shape index (κ1) is 14.8. The molecule has 20 heavy (non-hydrogen) atoms. The van der Waals surface area contributed by atoms with Crippen LogP contribution in [-0.4, -0.2) is 67.8 Å². The second-order valence-corrected chi connectivity index (χ2v) is 6.79. The second-order valence-electron chi connectivity index (χ2n) is 6.79. The van der Waals surface area contributed by atoms with Crippen LogP contribution in [0.2, 0.25) is 0 Å². The molecule has 2 atom stereocenters. The van der Waals surface area contributed by atoms with Crippen LogP contribution in [-0.2, 0) is 4.74 Å². The van der Waals surface area contributed by atoms with Gasteiger partial charge in [-0.3, -0.25) is 9.80 Å². The van der Waals surface area contributed by atoms with Gasteiger partial charge in [0.05, 0.1) is 13.2 Å². The summed E-state index contributed by atoms with van der Waals surface area (Å²) in [6.45, 7) is 7.41. The molecule has 3 aliphatic rings. The summed E-state index contributed by atoms with van der Waals surface area (Å²) in [5.41, 5.74) is 6.13. The molecule has 1 saturated carbocycles. The molecule has 2 unspecified atom stereocenters. The van der Waals surface area contributed by atoms with E-state index in [4.69, 9.17) is 10.5 Å². The van der Waals surface area contributed by atoms with E-state index in [0.717, 1.165) is 44.8 Å². The van der Waals surface area contributed by atoms with Gasteiger partial charge in [0.2, 0.25) is 0 Å². The number of morpholine rings is 1. The molecule has 0 spiro atoms. The Kier molecular flexibility index (Phi) is 5.32. The summed E-state index contributed by atoms with van der Waals surface area (Å²) in [6, 6.07) is 1.39. The second kappa shape index (κ2) is 7.21. The van der Waals surface area contributed by atoms with E-state index >= 15 is 0 Å². The van der Waals surface area contributed by atoms with E-state index in [1.807, 2.05) is 0 Å². The molecule has 0 aromatic rings. The molecule has 3 fully saturated rings. The van der Waals surface area contributed by atoms with Crippen molar-refractivity contribution in [3.05, 3.63) is 0 Å². The Morgan fingerprint density at radius 3 is 2.45 bits per heavy atom. The molecule has 0 aromatic heterocycles.